The molecule has 0 amide bonds. The molecule has 0 aliphatic carbocycles. The Morgan fingerprint density at radius 2 is 1.38 bits per heavy atom. The van der Waals surface area contributed by atoms with Crippen LogP contribution >= 0.6 is 0 Å². The van der Waals surface area contributed by atoms with Gasteiger partial charge in [-0.3, -0.25) is 4.79 Å². The number of ether oxygens (including phenoxy) is 1. The Hall–Kier alpha value is -3.34. The molecule has 1 aromatic heterocycles. The molecule has 0 fully saturated rings. The van der Waals surface area contributed by atoms with Gasteiger partial charge in [-0.25, -0.2) is 4.98 Å². The van der Waals surface area contributed by atoms with E-state index in [0.29, 0.717) is 0 Å². The maximum absolute atomic E-state index is 10.6. The van der Waals surface area contributed by atoms with Gasteiger partial charge in [-0.1, -0.05) is 56.4 Å². The number of hydrogen-bond donors (Lipinski definition) is 1. The molecular weight excluding hydrogens is 400 g/mol. The van der Waals surface area contributed by atoms with Gasteiger partial charge >= 0.3 is 5.97 Å². The first-order valence-electron chi connectivity index (χ1n) is 11.5. The average Bonchev–Trinajstić information content (AvgIpc) is 2.82. The summed E-state index contributed by atoms with van der Waals surface area (Å²) < 4.78 is 5.92. The number of unbranched alkanes of at least 4 members (excludes halogenated alkanes) is 6. The Morgan fingerprint density at radius 1 is 0.750 bits per heavy atom. The van der Waals surface area contributed by atoms with Gasteiger partial charge in [0, 0.05) is 24.8 Å². The van der Waals surface area contributed by atoms with E-state index in [9.17, 15) is 4.79 Å². The van der Waals surface area contributed by atoms with E-state index in [0.717, 1.165) is 68.1 Å². The van der Waals surface area contributed by atoms with Crippen molar-refractivity contribution in [2.75, 3.05) is 11.4 Å². The van der Waals surface area contributed by atoms with Gasteiger partial charge in [0.05, 0.1) is 0 Å². The third-order valence-corrected chi connectivity index (χ3v) is 5.33. The van der Waals surface area contributed by atoms with Gasteiger partial charge in [0.25, 0.3) is 0 Å². The SMILES string of the molecule is O=C(O)CCCCCCCCCN(c1ccc(Oc2ccccc2)cc1)c1ccccn1. The van der Waals surface area contributed by atoms with Gasteiger partial charge in [0.15, 0.2) is 0 Å². The van der Waals surface area contributed by atoms with E-state index < -0.39 is 5.97 Å². The van der Waals surface area contributed by atoms with Gasteiger partial charge in [0.1, 0.15) is 17.3 Å². The summed E-state index contributed by atoms with van der Waals surface area (Å²) in [7, 11) is 0. The molecule has 0 spiro atoms. The van der Waals surface area contributed by atoms with Crippen LogP contribution in [0, 0.1) is 0 Å². The zero-order valence-corrected chi connectivity index (χ0v) is 18.5. The molecule has 5 nitrogen and oxygen atoms in total. The van der Waals surface area contributed by atoms with Crippen LogP contribution in [0.15, 0.2) is 79.0 Å². The summed E-state index contributed by atoms with van der Waals surface area (Å²) in [5, 5.41) is 8.69. The van der Waals surface area contributed by atoms with Gasteiger partial charge in [-0.2, -0.15) is 0 Å². The number of aliphatic carboxylic acids is 1. The van der Waals surface area contributed by atoms with Crippen molar-refractivity contribution in [1.82, 2.24) is 4.98 Å². The van der Waals surface area contributed by atoms with Crippen LogP contribution in [0.1, 0.15) is 51.4 Å². The summed E-state index contributed by atoms with van der Waals surface area (Å²) in [6, 6.07) is 23.9. The van der Waals surface area contributed by atoms with Crippen molar-refractivity contribution in [3.05, 3.63) is 79.0 Å². The van der Waals surface area contributed by atoms with Crippen LogP contribution in [-0.4, -0.2) is 22.6 Å². The Morgan fingerprint density at radius 3 is 2.03 bits per heavy atom. The fourth-order valence-corrected chi connectivity index (χ4v) is 3.64. The van der Waals surface area contributed by atoms with E-state index in [4.69, 9.17) is 9.84 Å². The molecule has 0 bridgehead atoms. The van der Waals surface area contributed by atoms with Crippen LogP contribution in [0.25, 0.3) is 0 Å². The number of para-hydroxylation sites is 1. The summed E-state index contributed by atoms with van der Waals surface area (Å²) in [4.78, 5) is 17.4. The van der Waals surface area contributed by atoms with Crippen molar-refractivity contribution in [3.63, 3.8) is 0 Å². The molecular formula is C27H32N2O3. The lowest BCUT2D eigenvalue weighted by Gasteiger charge is -2.24. The molecule has 0 aliphatic rings. The second-order valence-corrected chi connectivity index (χ2v) is 7.87. The van der Waals surface area contributed by atoms with Gasteiger partial charge < -0.3 is 14.7 Å². The van der Waals surface area contributed by atoms with E-state index in [1.165, 1.54) is 6.42 Å². The van der Waals surface area contributed by atoms with Crippen molar-refractivity contribution in [3.8, 4) is 11.5 Å². The molecule has 1 heterocycles. The highest BCUT2D eigenvalue weighted by Gasteiger charge is 2.10. The largest absolute Gasteiger partial charge is 0.481 e. The van der Waals surface area contributed by atoms with Crippen LogP contribution in [-0.2, 0) is 4.79 Å². The maximum atomic E-state index is 10.6. The lowest BCUT2D eigenvalue weighted by molar-refractivity contribution is -0.137. The second-order valence-electron chi connectivity index (χ2n) is 7.87. The molecule has 32 heavy (non-hydrogen) atoms. The van der Waals surface area contributed by atoms with Crippen molar-refractivity contribution in [2.45, 2.75) is 51.4 Å². The Balaban J connectivity index is 1.51. The van der Waals surface area contributed by atoms with Crippen molar-refractivity contribution in [2.24, 2.45) is 0 Å². The van der Waals surface area contributed by atoms with Crippen LogP contribution in [0.4, 0.5) is 11.5 Å². The third kappa shape index (κ3) is 8.06. The summed E-state index contributed by atoms with van der Waals surface area (Å²) in [6.07, 6.45) is 9.57. The number of carbonyl (C=O) groups is 1. The van der Waals surface area contributed by atoms with Crippen LogP contribution in [0.2, 0.25) is 0 Å². The molecule has 2 aromatic carbocycles. The highest BCUT2D eigenvalue weighted by atomic mass is 16.5. The number of nitrogens with zero attached hydrogens (tertiary/aromatic N) is 2. The Bertz CT molecular complexity index is 915. The summed E-state index contributed by atoms with van der Waals surface area (Å²) in [6.45, 7) is 0.898. The van der Waals surface area contributed by atoms with Crippen molar-refractivity contribution >= 4 is 17.5 Å². The zero-order chi connectivity index (χ0) is 22.4. The van der Waals surface area contributed by atoms with Crippen LogP contribution in [0.5, 0.6) is 11.5 Å². The number of rotatable bonds is 14. The normalized spacial score (nSPS) is 10.6. The van der Waals surface area contributed by atoms with Crippen molar-refractivity contribution in [1.29, 1.82) is 0 Å². The van der Waals surface area contributed by atoms with E-state index >= 15 is 0 Å². The lowest BCUT2D eigenvalue weighted by atomic mass is 10.1. The monoisotopic (exact) mass is 432 g/mol. The predicted molar refractivity (Wildman–Crippen MR) is 129 cm³/mol. The predicted octanol–water partition coefficient (Wildman–Crippen LogP) is 7.22. The third-order valence-electron chi connectivity index (χ3n) is 5.33. The number of pyridine rings is 1. The van der Waals surface area contributed by atoms with Crippen LogP contribution < -0.4 is 9.64 Å². The average molecular weight is 433 g/mol. The van der Waals surface area contributed by atoms with E-state index in [1.54, 1.807) is 0 Å². The quantitative estimate of drug-likeness (QED) is 0.273. The summed E-state index contributed by atoms with van der Waals surface area (Å²) in [5.74, 6) is 1.88. The summed E-state index contributed by atoms with van der Waals surface area (Å²) >= 11 is 0. The number of benzene rings is 2. The highest BCUT2D eigenvalue weighted by Crippen LogP contribution is 2.28. The Kier molecular flexibility index (Phi) is 9.59. The minimum Gasteiger partial charge on any atom is -0.481 e. The zero-order valence-electron chi connectivity index (χ0n) is 18.5. The molecule has 3 aromatic rings. The number of carboxylic acid groups (broad SMARTS) is 1. The van der Waals surface area contributed by atoms with Gasteiger partial charge in [-0.05, 0) is 61.4 Å². The lowest BCUT2D eigenvalue weighted by Crippen LogP contribution is -2.19. The number of hydrogen-bond acceptors (Lipinski definition) is 4. The van der Waals surface area contributed by atoms with E-state index in [2.05, 4.69) is 22.0 Å². The minimum atomic E-state index is -0.695. The standard InChI is InChI=1S/C27H32N2O3/c30-27(31)16-9-4-2-1-3-5-12-22-29(26-15-10-11-21-28-26)23-17-19-25(20-18-23)32-24-13-7-6-8-14-24/h6-8,10-11,13-15,17-21H,1-5,9,12,16,22H2,(H,30,31). The molecule has 0 unspecified atom stereocenters. The fourth-order valence-electron chi connectivity index (χ4n) is 3.64. The molecule has 168 valence electrons. The first kappa shape index (κ1) is 23.3. The first-order valence-corrected chi connectivity index (χ1v) is 11.5. The Labute approximate surface area is 190 Å². The molecule has 5 heteroatoms. The number of anilines is 2. The van der Waals surface area contributed by atoms with E-state index in [-0.39, 0.29) is 6.42 Å². The highest BCUT2D eigenvalue weighted by molar-refractivity contribution is 5.66. The minimum absolute atomic E-state index is 0.286. The maximum Gasteiger partial charge on any atom is 0.303 e. The molecule has 0 aliphatic heterocycles. The van der Waals surface area contributed by atoms with E-state index in [1.807, 2.05) is 66.9 Å². The molecule has 0 saturated heterocycles. The second kappa shape index (κ2) is 13.2. The van der Waals surface area contributed by atoms with Crippen molar-refractivity contribution < 1.29 is 14.6 Å². The van der Waals surface area contributed by atoms with Gasteiger partial charge in [-0.15, -0.1) is 0 Å². The molecule has 1 N–H and O–H groups in total. The topological polar surface area (TPSA) is 62.7 Å². The smallest absolute Gasteiger partial charge is 0.303 e. The molecule has 0 atom stereocenters. The molecule has 0 radical (unpaired) electrons. The first-order chi connectivity index (χ1) is 15.7. The summed E-state index contributed by atoms with van der Waals surface area (Å²) in [5.41, 5.74) is 1.10. The molecule has 0 saturated carbocycles. The number of carboxylic acids is 1. The fraction of sp³-hybridized carbons (Fsp3) is 0.333. The van der Waals surface area contributed by atoms with Gasteiger partial charge in [0.2, 0.25) is 0 Å². The molecule has 3 rings (SSSR count). The number of aromatic nitrogens is 1. The van der Waals surface area contributed by atoms with Crippen LogP contribution in [0.3, 0.4) is 0 Å².